The number of aromatic nitrogens is 4. The SMILES string of the molecule is Cc1nn(-c2ccccc2)c(C)c1/C=C/C(=O)Nc1cnn(CC(=O)NC2CCCC2)c1. The number of nitrogens with one attached hydrogen (secondary N) is 2. The molecule has 2 heterocycles. The normalized spacial score (nSPS) is 14.2. The van der Waals surface area contributed by atoms with Crippen molar-refractivity contribution in [2.75, 3.05) is 5.32 Å². The zero-order chi connectivity index (χ0) is 22.5. The fourth-order valence-electron chi connectivity index (χ4n) is 4.06. The molecule has 1 fully saturated rings. The van der Waals surface area contributed by atoms with Crippen molar-refractivity contribution in [3.63, 3.8) is 0 Å². The Bertz CT molecular complexity index is 1120. The Labute approximate surface area is 187 Å². The van der Waals surface area contributed by atoms with Crippen LogP contribution in [0.4, 0.5) is 5.69 Å². The number of rotatable bonds is 7. The van der Waals surface area contributed by atoms with Crippen molar-refractivity contribution in [1.29, 1.82) is 0 Å². The molecule has 4 rings (SSSR count). The van der Waals surface area contributed by atoms with E-state index in [0.717, 1.165) is 35.5 Å². The third kappa shape index (κ3) is 5.14. The lowest BCUT2D eigenvalue weighted by atomic mass is 10.2. The highest BCUT2D eigenvalue weighted by atomic mass is 16.2. The number of hydrogen-bond acceptors (Lipinski definition) is 4. The third-order valence-electron chi connectivity index (χ3n) is 5.68. The van der Waals surface area contributed by atoms with Crippen LogP contribution in [0.5, 0.6) is 0 Å². The molecule has 1 aliphatic carbocycles. The maximum Gasteiger partial charge on any atom is 0.248 e. The van der Waals surface area contributed by atoms with Crippen molar-refractivity contribution < 1.29 is 9.59 Å². The molecule has 0 bridgehead atoms. The van der Waals surface area contributed by atoms with Crippen molar-refractivity contribution in [3.8, 4) is 5.69 Å². The van der Waals surface area contributed by atoms with Crippen molar-refractivity contribution in [1.82, 2.24) is 24.9 Å². The second-order valence-electron chi connectivity index (χ2n) is 8.13. The molecule has 1 saturated carbocycles. The second-order valence-corrected chi connectivity index (χ2v) is 8.13. The Kier molecular flexibility index (Phi) is 6.49. The van der Waals surface area contributed by atoms with Crippen molar-refractivity contribution >= 4 is 23.6 Å². The number of carbonyl (C=O) groups excluding carboxylic acids is 2. The molecule has 1 aliphatic rings. The van der Waals surface area contributed by atoms with Gasteiger partial charge in [0.15, 0.2) is 0 Å². The molecular formula is C24H28N6O2. The predicted octanol–water partition coefficient (Wildman–Crippen LogP) is 3.40. The molecule has 8 heteroatoms. The van der Waals surface area contributed by atoms with E-state index >= 15 is 0 Å². The van der Waals surface area contributed by atoms with Gasteiger partial charge in [0.05, 0.1) is 23.3 Å². The molecule has 2 aromatic heterocycles. The molecule has 2 amide bonds. The number of nitrogens with zero attached hydrogens (tertiary/aromatic N) is 4. The van der Waals surface area contributed by atoms with Crippen LogP contribution in [0.2, 0.25) is 0 Å². The van der Waals surface area contributed by atoms with Gasteiger partial charge in [-0.1, -0.05) is 31.0 Å². The molecule has 0 radical (unpaired) electrons. The van der Waals surface area contributed by atoms with E-state index in [1.54, 1.807) is 18.5 Å². The first kappa shape index (κ1) is 21.5. The monoisotopic (exact) mass is 432 g/mol. The van der Waals surface area contributed by atoms with Crippen LogP contribution in [-0.2, 0) is 16.1 Å². The van der Waals surface area contributed by atoms with E-state index in [4.69, 9.17) is 0 Å². The minimum atomic E-state index is -0.272. The van der Waals surface area contributed by atoms with E-state index in [1.807, 2.05) is 48.9 Å². The van der Waals surface area contributed by atoms with Gasteiger partial charge in [-0.15, -0.1) is 0 Å². The van der Waals surface area contributed by atoms with Crippen LogP contribution in [0.1, 0.15) is 42.6 Å². The molecule has 32 heavy (non-hydrogen) atoms. The van der Waals surface area contributed by atoms with Gasteiger partial charge in [0.2, 0.25) is 11.8 Å². The van der Waals surface area contributed by atoms with E-state index in [0.29, 0.717) is 5.69 Å². The molecule has 0 aliphatic heterocycles. The van der Waals surface area contributed by atoms with Crippen LogP contribution < -0.4 is 10.6 Å². The number of hydrogen-bond donors (Lipinski definition) is 2. The first-order valence-corrected chi connectivity index (χ1v) is 10.9. The van der Waals surface area contributed by atoms with Crippen LogP contribution in [0.25, 0.3) is 11.8 Å². The molecule has 0 spiro atoms. The first-order chi connectivity index (χ1) is 15.5. The lowest BCUT2D eigenvalue weighted by Crippen LogP contribution is -2.35. The molecule has 8 nitrogen and oxygen atoms in total. The molecule has 1 aromatic carbocycles. The van der Waals surface area contributed by atoms with E-state index < -0.39 is 0 Å². The van der Waals surface area contributed by atoms with Gasteiger partial charge in [-0.2, -0.15) is 10.2 Å². The van der Waals surface area contributed by atoms with Crippen molar-refractivity contribution in [3.05, 3.63) is 65.8 Å². The van der Waals surface area contributed by atoms with Gasteiger partial charge < -0.3 is 10.6 Å². The van der Waals surface area contributed by atoms with Crippen LogP contribution in [0.3, 0.4) is 0 Å². The van der Waals surface area contributed by atoms with Crippen LogP contribution >= 0.6 is 0 Å². The van der Waals surface area contributed by atoms with Gasteiger partial charge in [-0.25, -0.2) is 4.68 Å². The van der Waals surface area contributed by atoms with Crippen molar-refractivity contribution in [2.24, 2.45) is 0 Å². The number of carbonyl (C=O) groups is 2. The summed E-state index contributed by atoms with van der Waals surface area (Å²) in [5.74, 6) is -0.328. The highest BCUT2D eigenvalue weighted by Gasteiger charge is 2.17. The summed E-state index contributed by atoms with van der Waals surface area (Å²) in [5, 5.41) is 14.6. The summed E-state index contributed by atoms with van der Waals surface area (Å²) in [4.78, 5) is 24.6. The first-order valence-electron chi connectivity index (χ1n) is 10.9. The molecular weight excluding hydrogens is 404 g/mol. The Morgan fingerprint density at radius 1 is 1.16 bits per heavy atom. The number of amides is 2. The maximum atomic E-state index is 12.4. The van der Waals surface area contributed by atoms with Gasteiger partial charge in [-0.3, -0.25) is 14.3 Å². The topological polar surface area (TPSA) is 93.8 Å². The highest BCUT2D eigenvalue weighted by molar-refractivity contribution is 6.01. The van der Waals surface area contributed by atoms with Gasteiger partial charge in [0.1, 0.15) is 6.54 Å². The number of benzene rings is 1. The predicted molar refractivity (Wildman–Crippen MR) is 123 cm³/mol. The Balaban J connectivity index is 1.35. The lowest BCUT2D eigenvalue weighted by molar-refractivity contribution is -0.122. The molecule has 0 unspecified atom stereocenters. The highest BCUT2D eigenvalue weighted by Crippen LogP contribution is 2.19. The maximum absolute atomic E-state index is 12.4. The Hall–Kier alpha value is -3.68. The van der Waals surface area contributed by atoms with Crippen molar-refractivity contribution in [2.45, 2.75) is 52.1 Å². The smallest absolute Gasteiger partial charge is 0.248 e. The fourth-order valence-corrected chi connectivity index (χ4v) is 4.06. The van der Waals surface area contributed by atoms with Crippen LogP contribution in [-0.4, -0.2) is 37.4 Å². The number of para-hydroxylation sites is 1. The van der Waals surface area contributed by atoms with Gasteiger partial charge >= 0.3 is 0 Å². The van der Waals surface area contributed by atoms with Gasteiger partial charge in [0.25, 0.3) is 0 Å². The summed E-state index contributed by atoms with van der Waals surface area (Å²) < 4.78 is 3.40. The third-order valence-corrected chi connectivity index (χ3v) is 5.68. The summed E-state index contributed by atoms with van der Waals surface area (Å²) in [7, 11) is 0. The van der Waals surface area contributed by atoms with E-state index in [1.165, 1.54) is 23.6 Å². The zero-order valence-corrected chi connectivity index (χ0v) is 18.4. The summed E-state index contributed by atoms with van der Waals surface area (Å²) in [5.41, 5.74) is 4.22. The Morgan fingerprint density at radius 2 is 1.91 bits per heavy atom. The fraction of sp³-hybridized carbons (Fsp3) is 0.333. The standard InChI is InChI=1S/C24H28N6O2/c1-17-22(18(2)30(28-17)21-10-4-3-5-11-21)12-13-23(31)27-20-14-25-29(15-20)16-24(32)26-19-8-6-7-9-19/h3-5,10-15,19H,6-9,16H2,1-2H3,(H,26,32)(H,27,31)/b13-12+. The summed E-state index contributed by atoms with van der Waals surface area (Å²) >= 11 is 0. The van der Waals surface area contributed by atoms with Crippen LogP contribution in [0.15, 0.2) is 48.8 Å². The van der Waals surface area contributed by atoms with Gasteiger partial charge in [0, 0.05) is 29.6 Å². The molecule has 0 saturated heterocycles. The largest absolute Gasteiger partial charge is 0.352 e. The minimum absolute atomic E-state index is 0.0563. The second kappa shape index (κ2) is 9.64. The summed E-state index contributed by atoms with van der Waals surface area (Å²) in [6.45, 7) is 4.04. The average Bonchev–Trinajstić information content (AvgIpc) is 3.50. The molecule has 0 atom stereocenters. The molecule has 2 N–H and O–H groups in total. The van der Waals surface area contributed by atoms with E-state index in [9.17, 15) is 9.59 Å². The Morgan fingerprint density at radius 3 is 2.66 bits per heavy atom. The number of anilines is 1. The lowest BCUT2D eigenvalue weighted by Gasteiger charge is -2.11. The van der Waals surface area contributed by atoms with Gasteiger partial charge in [-0.05, 0) is 44.9 Å². The summed E-state index contributed by atoms with van der Waals surface area (Å²) in [6, 6.07) is 10.2. The van der Waals surface area contributed by atoms with E-state index in [2.05, 4.69) is 20.8 Å². The molecule has 166 valence electrons. The summed E-state index contributed by atoms with van der Waals surface area (Å²) in [6.07, 6.45) is 10.9. The quantitative estimate of drug-likeness (QED) is 0.560. The average molecular weight is 433 g/mol. The van der Waals surface area contributed by atoms with E-state index in [-0.39, 0.29) is 24.4 Å². The van der Waals surface area contributed by atoms with Crippen LogP contribution in [0, 0.1) is 13.8 Å². The number of aryl methyl sites for hydroxylation is 1. The zero-order valence-electron chi connectivity index (χ0n) is 18.4. The molecule has 3 aromatic rings. The minimum Gasteiger partial charge on any atom is -0.352 e.